The van der Waals surface area contributed by atoms with E-state index in [0.29, 0.717) is 0 Å². The maximum atomic E-state index is 12.9. The normalized spacial score (nSPS) is 12.7. The van der Waals surface area contributed by atoms with E-state index in [0.717, 1.165) is 12.1 Å². The van der Waals surface area contributed by atoms with Gasteiger partial charge in [0.05, 0.1) is 5.56 Å². The van der Waals surface area contributed by atoms with Gasteiger partial charge in [-0.3, -0.25) is 0 Å². The van der Waals surface area contributed by atoms with E-state index in [-0.39, 0.29) is 10.0 Å². The molecule has 0 saturated carbocycles. The molecule has 0 unspecified atom stereocenters. The number of nitrogens with zero attached hydrogens (tertiary/aromatic N) is 2. The molecule has 0 fully saturated rings. The summed E-state index contributed by atoms with van der Waals surface area (Å²) in [5, 5.41) is 4.70. The van der Waals surface area contributed by atoms with Crippen LogP contribution in [0.15, 0.2) is 27.8 Å². The SMILES string of the molecule is O=S(=O)(Cl)c1nc(-c2ccc(Br)cc2C(F)(F)F)n[nH]1. The Balaban J connectivity index is 2.62. The molecule has 0 aliphatic carbocycles. The summed E-state index contributed by atoms with van der Waals surface area (Å²) in [6, 6.07) is 3.33. The molecule has 1 aromatic carbocycles. The van der Waals surface area contributed by atoms with E-state index in [1.165, 1.54) is 6.07 Å². The van der Waals surface area contributed by atoms with Crippen LogP contribution < -0.4 is 0 Å². The number of benzene rings is 1. The van der Waals surface area contributed by atoms with Gasteiger partial charge in [-0.05, 0) is 18.2 Å². The van der Waals surface area contributed by atoms with E-state index in [4.69, 9.17) is 10.7 Å². The van der Waals surface area contributed by atoms with Gasteiger partial charge < -0.3 is 0 Å². The smallest absolute Gasteiger partial charge is 0.248 e. The minimum atomic E-state index is -4.64. The minimum Gasteiger partial charge on any atom is -0.248 e. The third-order valence-electron chi connectivity index (χ3n) is 2.22. The van der Waals surface area contributed by atoms with Crippen molar-refractivity contribution >= 4 is 35.7 Å². The number of rotatable bonds is 2. The van der Waals surface area contributed by atoms with Crippen LogP contribution in [-0.4, -0.2) is 23.6 Å². The molecule has 108 valence electrons. The molecule has 1 N–H and O–H groups in total. The van der Waals surface area contributed by atoms with Crippen molar-refractivity contribution in [1.29, 1.82) is 0 Å². The second kappa shape index (κ2) is 5.01. The van der Waals surface area contributed by atoms with Crippen molar-refractivity contribution < 1.29 is 21.6 Å². The van der Waals surface area contributed by atoms with Crippen molar-refractivity contribution in [3.05, 3.63) is 28.2 Å². The highest BCUT2D eigenvalue weighted by molar-refractivity contribution is 9.10. The largest absolute Gasteiger partial charge is 0.417 e. The van der Waals surface area contributed by atoms with Crippen LogP contribution in [0.2, 0.25) is 0 Å². The monoisotopic (exact) mass is 389 g/mol. The van der Waals surface area contributed by atoms with Gasteiger partial charge in [0.15, 0.2) is 5.82 Å². The van der Waals surface area contributed by atoms with Gasteiger partial charge >= 0.3 is 6.18 Å². The van der Waals surface area contributed by atoms with E-state index in [2.05, 4.69) is 26.0 Å². The first-order valence-electron chi connectivity index (χ1n) is 4.83. The van der Waals surface area contributed by atoms with E-state index in [9.17, 15) is 21.6 Å². The number of alkyl halides is 3. The van der Waals surface area contributed by atoms with Gasteiger partial charge in [0.1, 0.15) is 0 Å². The number of H-pyrrole nitrogens is 1. The van der Waals surface area contributed by atoms with Crippen molar-refractivity contribution in [1.82, 2.24) is 15.2 Å². The van der Waals surface area contributed by atoms with Crippen molar-refractivity contribution in [3.63, 3.8) is 0 Å². The highest BCUT2D eigenvalue weighted by Gasteiger charge is 2.35. The summed E-state index contributed by atoms with van der Waals surface area (Å²) in [7, 11) is 0.829. The molecule has 5 nitrogen and oxygen atoms in total. The second-order valence-electron chi connectivity index (χ2n) is 3.59. The molecule has 0 aliphatic rings. The van der Waals surface area contributed by atoms with Gasteiger partial charge in [-0.2, -0.15) is 23.3 Å². The highest BCUT2D eigenvalue weighted by Crippen LogP contribution is 2.37. The second-order valence-corrected chi connectivity index (χ2v) is 6.99. The quantitative estimate of drug-likeness (QED) is 0.799. The van der Waals surface area contributed by atoms with E-state index >= 15 is 0 Å². The lowest BCUT2D eigenvalue weighted by molar-refractivity contribution is -0.137. The third-order valence-corrected chi connectivity index (χ3v) is 3.80. The molecular formula is C9H4BrClF3N3O2S. The molecule has 20 heavy (non-hydrogen) atoms. The van der Waals surface area contributed by atoms with Crippen LogP contribution in [-0.2, 0) is 15.2 Å². The molecule has 0 bridgehead atoms. The summed E-state index contributed by atoms with van der Waals surface area (Å²) in [4.78, 5) is 3.45. The zero-order valence-corrected chi connectivity index (χ0v) is 12.4. The van der Waals surface area contributed by atoms with Gasteiger partial charge in [-0.15, -0.1) is 0 Å². The standard InChI is InChI=1S/C9H4BrClF3N3O2S/c10-4-1-2-5(6(3-4)9(12,13)14)7-15-8(17-16-7)20(11,18)19/h1-3H,(H,15,16,17). The number of aromatic amines is 1. The number of hydrogen-bond donors (Lipinski definition) is 1. The van der Waals surface area contributed by atoms with Gasteiger partial charge in [0.25, 0.3) is 14.2 Å². The third kappa shape index (κ3) is 3.13. The maximum absolute atomic E-state index is 12.9. The Bertz CT molecular complexity index is 760. The summed E-state index contributed by atoms with van der Waals surface area (Å²) in [5.74, 6) is -0.413. The Labute approximate surface area is 123 Å². The number of aromatic nitrogens is 3. The van der Waals surface area contributed by atoms with Crippen LogP contribution >= 0.6 is 26.6 Å². The van der Waals surface area contributed by atoms with E-state index < -0.39 is 31.8 Å². The van der Waals surface area contributed by atoms with Crippen LogP contribution in [0.25, 0.3) is 11.4 Å². The summed E-state index contributed by atoms with van der Waals surface area (Å²) in [6.07, 6.45) is -4.64. The molecule has 0 amide bonds. The molecule has 1 aromatic heterocycles. The number of nitrogens with one attached hydrogen (secondary N) is 1. The van der Waals surface area contributed by atoms with Gasteiger partial charge in [-0.25, -0.2) is 13.5 Å². The first-order chi connectivity index (χ1) is 9.09. The fourth-order valence-corrected chi connectivity index (χ4v) is 2.34. The van der Waals surface area contributed by atoms with Crippen LogP contribution in [0.5, 0.6) is 0 Å². The number of halogens is 5. The lowest BCUT2D eigenvalue weighted by Gasteiger charge is -2.10. The Hall–Kier alpha value is -1.13. The number of hydrogen-bond acceptors (Lipinski definition) is 4. The molecule has 0 saturated heterocycles. The predicted molar refractivity (Wildman–Crippen MR) is 67.6 cm³/mol. The molecule has 0 spiro atoms. The van der Waals surface area contributed by atoms with E-state index in [1.807, 2.05) is 5.10 Å². The van der Waals surface area contributed by atoms with Gasteiger partial charge in [-0.1, -0.05) is 15.9 Å². The lowest BCUT2D eigenvalue weighted by Crippen LogP contribution is -2.07. The average Bonchev–Trinajstić information content (AvgIpc) is 2.76. The van der Waals surface area contributed by atoms with E-state index in [1.54, 1.807) is 0 Å². The van der Waals surface area contributed by atoms with Crippen molar-refractivity contribution in [2.24, 2.45) is 0 Å². The summed E-state index contributed by atoms with van der Waals surface area (Å²) >= 11 is 2.93. The summed E-state index contributed by atoms with van der Waals surface area (Å²) < 4.78 is 61.0. The molecule has 1 heterocycles. The van der Waals surface area contributed by atoms with Crippen LogP contribution in [0.3, 0.4) is 0 Å². The van der Waals surface area contributed by atoms with Crippen molar-refractivity contribution in [2.45, 2.75) is 11.3 Å². The molecule has 0 aliphatic heterocycles. The fourth-order valence-electron chi connectivity index (χ4n) is 1.42. The highest BCUT2D eigenvalue weighted by atomic mass is 79.9. The first-order valence-corrected chi connectivity index (χ1v) is 7.93. The van der Waals surface area contributed by atoms with Crippen molar-refractivity contribution in [2.75, 3.05) is 0 Å². The predicted octanol–water partition coefficient (Wildman–Crippen LogP) is 3.18. The molecule has 0 radical (unpaired) electrons. The fraction of sp³-hybridized carbons (Fsp3) is 0.111. The minimum absolute atomic E-state index is 0.217. The van der Waals surface area contributed by atoms with Crippen LogP contribution in [0, 0.1) is 0 Å². The maximum Gasteiger partial charge on any atom is 0.417 e. The average molecular weight is 391 g/mol. The summed E-state index contributed by atoms with van der Waals surface area (Å²) in [5.41, 5.74) is -1.35. The molecule has 11 heteroatoms. The van der Waals surface area contributed by atoms with Crippen molar-refractivity contribution in [3.8, 4) is 11.4 Å². The first kappa shape index (κ1) is 15.3. The molecular weight excluding hydrogens is 387 g/mol. The van der Waals surface area contributed by atoms with Gasteiger partial charge in [0.2, 0.25) is 0 Å². The Morgan fingerprint density at radius 3 is 2.45 bits per heavy atom. The zero-order valence-electron chi connectivity index (χ0n) is 9.24. The van der Waals surface area contributed by atoms with Crippen LogP contribution in [0.4, 0.5) is 13.2 Å². The Morgan fingerprint density at radius 2 is 1.95 bits per heavy atom. The summed E-state index contributed by atoms with van der Waals surface area (Å²) in [6.45, 7) is 0. The lowest BCUT2D eigenvalue weighted by atomic mass is 10.1. The molecule has 0 atom stereocenters. The zero-order chi connectivity index (χ0) is 15.1. The van der Waals surface area contributed by atoms with Gasteiger partial charge in [0, 0.05) is 20.7 Å². The molecule has 2 rings (SSSR count). The topological polar surface area (TPSA) is 75.7 Å². The van der Waals surface area contributed by atoms with Crippen LogP contribution in [0.1, 0.15) is 5.56 Å². The molecule has 2 aromatic rings. The Morgan fingerprint density at radius 1 is 1.30 bits per heavy atom. The Kier molecular flexibility index (Phi) is 3.82.